The van der Waals surface area contributed by atoms with Gasteiger partial charge in [-0.15, -0.1) is 0 Å². The standard InChI is InChI=1S/C17H23N5O4S/c1-22(13-6-3-2-4-7-13)9-5-8-19-16(23)12-21-27(25,26)14-10-15(17(18)24)20-11-14/h2-4,6-7,10-11,20-21H,5,8-9,12H2,1H3,(H2,18,24)(H,19,23). The smallest absolute Gasteiger partial charge is 0.265 e. The highest BCUT2D eigenvalue weighted by Crippen LogP contribution is 2.11. The van der Waals surface area contributed by atoms with Gasteiger partial charge in [0.1, 0.15) is 10.6 Å². The second-order valence-corrected chi connectivity index (χ2v) is 7.67. The van der Waals surface area contributed by atoms with E-state index in [1.807, 2.05) is 37.4 Å². The van der Waals surface area contributed by atoms with Crippen LogP contribution in [0.2, 0.25) is 0 Å². The largest absolute Gasteiger partial charge is 0.375 e. The summed E-state index contributed by atoms with van der Waals surface area (Å²) >= 11 is 0. The molecule has 2 aromatic rings. The van der Waals surface area contributed by atoms with Crippen molar-refractivity contribution in [2.24, 2.45) is 5.73 Å². The van der Waals surface area contributed by atoms with Crippen LogP contribution in [0.5, 0.6) is 0 Å². The van der Waals surface area contributed by atoms with E-state index in [1.54, 1.807) is 0 Å². The van der Waals surface area contributed by atoms with Crippen LogP contribution in [-0.2, 0) is 14.8 Å². The molecule has 0 aliphatic rings. The van der Waals surface area contributed by atoms with Gasteiger partial charge in [-0.3, -0.25) is 9.59 Å². The monoisotopic (exact) mass is 393 g/mol. The van der Waals surface area contributed by atoms with Crippen LogP contribution in [0.25, 0.3) is 0 Å². The summed E-state index contributed by atoms with van der Waals surface area (Å²) in [6, 6.07) is 11.0. The number of para-hydroxylation sites is 1. The lowest BCUT2D eigenvalue weighted by atomic mass is 10.3. The van der Waals surface area contributed by atoms with Crippen LogP contribution in [0.15, 0.2) is 47.5 Å². The van der Waals surface area contributed by atoms with Crippen LogP contribution in [0.4, 0.5) is 5.69 Å². The van der Waals surface area contributed by atoms with Gasteiger partial charge in [0.05, 0.1) is 6.54 Å². The van der Waals surface area contributed by atoms with Crippen LogP contribution in [0.1, 0.15) is 16.9 Å². The molecule has 0 aliphatic carbocycles. The van der Waals surface area contributed by atoms with E-state index < -0.39 is 28.4 Å². The maximum atomic E-state index is 12.1. The molecule has 2 amide bonds. The Labute approximate surface area is 158 Å². The number of carbonyl (C=O) groups is 2. The van der Waals surface area contributed by atoms with Crippen molar-refractivity contribution in [1.82, 2.24) is 15.0 Å². The molecule has 9 nitrogen and oxygen atoms in total. The number of amides is 2. The third-order valence-corrected chi connectivity index (χ3v) is 5.23. The van der Waals surface area contributed by atoms with Crippen molar-refractivity contribution in [2.45, 2.75) is 11.3 Å². The number of aromatic amines is 1. The van der Waals surface area contributed by atoms with E-state index in [-0.39, 0.29) is 10.6 Å². The maximum Gasteiger partial charge on any atom is 0.265 e. The van der Waals surface area contributed by atoms with E-state index in [4.69, 9.17) is 5.73 Å². The number of benzene rings is 1. The third kappa shape index (κ3) is 6.12. The molecule has 1 heterocycles. The quantitative estimate of drug-likeness (QED) is 0.422. The molecule has 1 aromatic heterocycles. The summed E-state index contributed by atoms with van der Waals surface area (Å²) in [5.74, 6) is -1.21. The van der Waals surface area contributed by atoms with Crippen LogP contribution in [0.3, 0.4) is 0 Å². The van der Waals surface area contributed by atoms with E-state index in [0.717, 1.165) is 24.5 Å². The normalized spacial score (nSPS) is 11.1. The first kappa shape index (κ1) is 20.5. The molecule has 0 saturated heterocycles. The first-order valence-corrected chi connectivity index (χ1v) is 9.78. The lowest BCUT2D eigenvalue weighted by Crippen LogP contribution is -2.37. The molecule has 0 fully saturated rings. The molecule has 2 rings (SSSR count). The Balaban J connectivity index is 1.71. The molecule has 10 heteroatoms. The van der Waals surface area contributed by atoms with E-state index in [9.17, 15) is 18.0 Å². The summed E-state index contributed by atoms with van der Waals surface area (Å²) in [5, 5.41) is 2.66. The molecule has 27 heavy (non-hydrogen) atoms. The molecule has 0 saturated carbocycles. The van der Waals surface area contributed by atoms with Crippen LogP contribution in [0, 0.1) is 0 Å². The summed E-state index contributed by atoms with van der Waals surface area (Å²) in [6.07, 6.45) is 1.85. The van der Waals surface area contributed by atoms with E-state index >= 15 is 0 Å². The van der Waals surface area contributed by atoms with Gasteiger partial charge in [0.15, 0.2) is 0 Å². The second-order valence-electron chi connectivity index (χ2n) is 5.90. The predicted molar refractivity (Wildman–Crippen MR) is 102 cm³/mol. The number of anilines is 1. The van der Waals surface area contributed by atoms with E-state index in [0.29, 0.717) is 13.0 Å². The minimum atomic E-state index is -3.91. The molecular formula is C17H23N5O4S. The van der Waals surface area contributed by atoms with Crippen molar-refractivity contribution >= 4 is 27.5 Å². The number of sulfonamides is 1. The molecule has 1 aromatic carbocycles. The minimum Gasteiger partial charge on any atom is -0.375 e. The topological polar surface area (TPSA) is 137 Å². The Hall–Kier alpha value is -2.85. The first-order chi connectivity index (χ1) is 12.8. The van der Waals surface area contributed by atoms with Crippen molar-refractivity contribution in [2.75, 3.05) is 31.6 Å². The van der Waals surface area contributed by atoms with Gasteiger partial charge in [0.25, 0.3) is 5.91 Å². The number of hydrogen-bond donors (Lipinski definition) is 4. The van der Waals surface area contributed by atoms with Crippen LogP contribution in [-0.4, -0.2) is 51.9 Å². The number of nitrogens with one attached hydrogen (secondary N) is 3. The van der Waals surface area contributed by atoms with Gasteiger partial charge in [-0.1, -0.05) is 18.2 Å². The maximum absolute atomic E-state index is 12.1. The fourth-order valence-corrected chi connectivity index (χ4v) is 3.31. The van der Waals surface area contributed by atoms with Gasteiger partial charge in [-0.25, -0.2) is 13.1 Å². The van der Waals surface area contributed by atoms with Gasteiger partial charge in [-0.2, -0.15) is 0 Å². The average molecular weight is 393 g/mol. The lowest BCUT2D eigenvalue weighted by molar-refractivity contribution is -0.119. The SMILES string of the molecule is CN(CCCNC(=O)CNS(=O)(=O)c1c[nH]c(C(N)=O)c1)c1ccccc1. The number of rotatable bonds is 10. The zero-order chi connectivity index (χ0) is 19.9. The predicted octanol–water partition coefficient (Wildman–Crippen LogP) is 0.0346. The number of primary amides is 1. The fraction of sp³-hybridized carbons (Fsp3) is 0.294. The van der Waals surface area contributed by atoms with E-state index in [2.05, 4.69) is 19.9 Å². The summed E-state index contributed by atoms with van der Waals surface area (Å²) in [6.45, 7) is 0.775. The van der Waals surface area contributed by atoms with Gasteiger partial charge in [-0.05, 0) is 24.6 Å². The van der Waals surface area contributed by atoms with Crippen LogP contribution < -0.4 is 20.7 Å². The zero-order valence-electron chi connectivity index (χ0n) is 14.9. The Morgan fingerprint density at radius 3 is 2.56 bits per heavy atom. The Morgan fingerprint density at radius 2 is 1.93 bits per heavy atom. The molecule has 0 unspecified atom stereocenters. The van der Waals surface area contributed by atoms with Gasteiger partial charge in [0.2, 0.25) is 15.9 Å². The minimum absolute atomic E-state index is 0.0256. The fourth-order valence-electron chi connectivity index (χ4n) is 2.33. The van der Waals surface area contributed by atoms with Gasteiger partial charge >= 0.3 is 0 Å². The first-order valence-electron chi connectivity index (χ1n) is 8.30. The highest BCUT2D eigenvalue weighted by molar-refractivity contribution is 7.89. The average Bonchev–Trinajstić information content (AvgIpc) is 3.16. The number of nitrogens with zero attached hydrogens (tertiary/aromatic N) is 1. The zero-order valence-corrected chi connectivity index (χ0v) is 15.8. The molecule has 0 radical (unpaired) electrons. The number of aromatic nitrogens is 1. The molecule has 146 valence electrons. The molecule has 0 atom stereocenters. The summed E-state index contributed by atoms with van der Waals surface area (Å²) in [4.78, 5) is 27.2. The van der Waals surface area contributed by atoms with Gasteiger partial charge < -0.3 is 20.9 Å². The van der Waals surface area contributed by atoms with E-state index in [1.165, 1.54) is 0 Å². The lowest BCUT2D eigenvalue weighted by Gasteiger charge is -2.19. The Bertz CT molecular complexity index is 880. The van der Waals surface area contributed by atoms with Crippen molar-refractivity contribution in [3.63, 3.8) is 0 Å². The van der Waals surface area contributed by atoms with Crippen molar-refractivity contribution in [3.05, 3.63) is 48.3 Å². The molecular weight excluding hydrogens is 370 g/mol. The molecule has 5 N–H and O–H groups in total. The van der Waals surface area contributed by atoms with Crippen LogP contribution >= 0.6 is 0 Å². The highest BCUT2D eigenvalue weighted by atomic mass is 32.2. The molecule has 0 bridgehead atoms. The number of hydrogen-bond acceptors (Lipinski definition) is 5. The van der Waals surface area contributed by atoms with Crippen molar-refractivity contribution in [1.29, 1.82) is 0 Å². The number of H-pyrrole nitrogens is 1. The summed E-state index contributed by atoms with van der Waals surface area (Å²) in [7, 11) is -1.95. The summed E-state index contributed by atoms with van der Waals surface area (Å²) < 4.78 is 26.3. The highest BCUT2D eigenvalue weighted by Gasteiger charge is 2.18. The third-order valence-electron chi connectivity index (χ3n) is 3.84. The second kappa shape index (κ2) is 9.19. The van der Waals surface area contributed by atoms with Gasteiger partial charge in [0, 0.05) is 32.0 Å². The number of carbonyl (C=O) groups excluding carboxylic acids is 2. The summed E-state index contributed by atoms with van der Waals surface area (Å²) in [5.41, 5.74) is 6.12. The molecule has 0 aliphatic heterocycles. The Kier molecular flexibility index (Phi) is 6.97. The Morgan fingerprint density at radius 1 is 1.22 bits per heavy atom. The van der Waals surface area contributed by atoms with Crippen molar-refractivity contribution < 1.29 is 18.0 Å². The molecule has 0 spiro atoms. The number of nitrogens with two attached hydrogens (primary N) is 1. The van der Waals surface area contributed by atoms with Crippen molar-refractivity contribution in [3.8, 4) is 0 Å².